The SMILES string of the molecule is CC(=O)Nc1cccc(Nc2ccc(NC(=O)c3ccco3)nn2)c1. The molecule has 8 nitrogen and oxygen atoms in total. The molecule has 0 bridgehead atoms. The van der Waals surface area contributed by atoms with Gasteiger partial charge in [0.05, 0.1) is 6.26 Å². The Kier molecular flexibility index (Phi) is 4.70. The van der Waals surface area contributed by atoms with Gasteiger partial charge in [0.25, 0.3) is 5.91 Å². The van der Waals surface area contributed by atoms with Crippen LogP contribution in [0, 0.1) is 0 Å². The zero-order valence-corrected chi connectivity index (χ0v) is 13.3. The Morgan fingerprint density at radius 3 is 2.36 bits per heavy atom. The Hall–Kier alpha value is -3.68. The molecule has 0 aliphatic rings. The molecule has 8 heteroatoms. The number of anilines is 4. The van der Waals surface area contributed by atoms with Gasteiger partial charge in [-0.15, -0.1) is 10.2 Å². The van der Waals surface area contributed by atoms with Crippen LogP contribution in [0.4, 0.5) is 23.0 Å². The second kappa shape index (κ2) is 7.26. The molecule has 0 aliphatic heterocycles. The highest BCUT2D eigenvalue weighted by molar-refractivity contribution is 6.01. The first-order valence-electron chi connectivity index (χ1n) is 7.43. The normalized spacial score (nSPS) is 10.1. The third kappa shape index (κ3) is 4.41. The Bertz CT molecular complexity index is 876. The number of carbonyl (C=O) groups is 2. The second-order valence-electron chi connectivity index (χ2n) is 5.12. The van der Waals surface area contributed by atoms with Crippen LogP contribution in [0.25, 0.3) is 0 Å². The molecule has 0 fully saturated rings. The Balaban J connectivity index is 1.64. The van der Waals surface area contributed by atoms with Crippen LogP contribution in [0.15, 0.2) is 59.2 Å². The van der Waals surface area contributed by atoms with Crippen molar-refractivity contribution in [2.45, 2.75) is 6.92 Å². The molecule has 3 rings (SSSR count). The highest BCUT2D eigenvalue weighted by Gasteiger charge is 2.09. The van der Waals surface area contributed by atoms with Crippen molar-refractivity contribution in [1.82, 2.24) is 10.2 Å². The maximum atomic E-state index is 11.9. The lowest BCUT2D eigenvalue weighted by Gasteiger charge is -2.08. The predicted octanol–water partition coefficient (Wildman–Crippen LogP) is 3.02. The van der Waals surface area contributed by atoms with Crippen molar-refractivity contribution in [3.05, 3.63) is 60.6 Å². The molecule has 0 spiro atoms. The fourth-order valence-electron chi connectivity index (χ4n) is 2.08. The Labute approximate surface area is 143 Å². The van der Waals surface area contributed by atoms with Crippen molar-refractivity contribution in [3.8, 4) is 0 Å². The van der Waals surface area contributed by atoms with Crippen LogP contribution in [0.3, 0.4) is 0 Å². The molecular weight excluding hydrogens is 322 g/mol. The van der Waals surface area contributed by atoms with Crippen LogP contribution < -0.4 is 16.0 Å². The van der Waals surface area contributed by atoms with E-state index in [-0.39, 0.29) is 11.7 Å². The monoisotopic (exact) mass is 337 g/mol. The minimum Gasteiger partial charge on any atom is -0.459 e. The lowest BCUT2D eigenvalue weighted by Crippen LogP contribution is -2.12. The van der Waals surface area contributed by atoms with Gasteiger partial charge in [0.2, 0.25) is 5.91 Å². The summed E-state index contributed by atoms with van der Waals surface area (Å²) in [5, 5.41) is 16.3. The van der Waals surface area contributed by atoms with Crippen molar-refractivity contribution in [2.75, 3.05) is 16.0 Å². The van der Waals surface area contributed by atoms with E-state index >= 15 is 0 Å². The first-order valence-corrected chi connectivity index (χ1v) is 7.43. The molecule has 126 valence electrons. The van der Waals surface area contributed by atoms with Gasteiger partial charge in [-0.2, -0.15) is 0 Å². The average molecular weight is 337 g/mol. The summed E-state index contributed by atoms with van der Waals surface area (Å²) >= 11 is 0. The maximum Gasteiger partial charge on any atom is 0.292 e. The van der Waals surface area contributed by atoms with E-state index in [1.54, 1.807) is 42.5 Å². The van der Waals surface area contributed by atoms with E-state index in [0.29, 0.717) is 17.3 Å². The summed E-state index contributed by atoms with van der Waals surface area (Å²) < 4.78 is 5.01. The van der Waals surface area contributed by atoms with Crippen molar-refractivity contribution < 1.29 is 14.0 Å². The van der Waals surface area contributed by atoms with E-state index in [1.807, 2.05) is 6.07 Å². The first kappa shape index (κ1) is 16.2. The van der Waals surface area contributed by atoms with E-state index in [1.165, 1.54) is 13.2 Å². The fourth-order valence-corrected chi connectivity index (χ4v) is 2.08. The third-order valence-electron chi connectivity index (χ3n) is 3.11. The van der Waals surface area contributed by atoms with Crippen LogP contribution in [0.1, 0.15) is 17.5 Å². The van der Waals surface area contributed by atoms with E-state index in [2.05, 4.69) is 26.1 Å². The zero-order valence-electron chi connectivity index (χ0n) is 13.3. The van der Waals surface area contributed by atoms with Crippen molar-refractivity contribution in [3.63, 3.8) is 0 Å². The summed E-state index contributed by atoms with van der Waals surface area (Å²) in [5.74, 6) is 0.449. The van der Waals surface area contributed by atoms with Crippen molar-refractivity contribution in [1.29, 1.82) is 0 Å². The molecule has 0 saturated carbocycles. The number of furan rings is 1. The molecule has 3 N–H and O–H groups in total. The lowest BCUT2D eigenvalue weighted by atomic mass is 10.2. The van der Waals surface area contributed by atoms with Crippen LogP contribution in [-0.4, -0.2) is 22.0 Å². The smallest absolute Gasteiger partial charge is 0.292 e. The lowest BCUT2D eigenvalue weighted by molar-refractivity contribution is -0.114. The van der Waals surface area contributed by atoms with Gasteiger partial charge in [0.1, 0.15) is 0 Å². The van der Waals surface area contributed by atoms with E-state index in [4.69, 9.17) is 4.42 Å². The molecule has 0 unspecified atom stereocenters. The van der Waals surface area contributed by atoms with Gasteiger partial charge < -0.3 is 20.4 Å². The molecule has 2 heterocycles. The molecule has 0 radical (unpaired) electrons. The van der Waals surface area contributed by atoms with Gasteiger partial charge in [0, 0.05) is 18.3 Å². The largest absolute Gasteiger partial charge is 0.459 e. The highest BCUT2D eigenvalue weighted by Crippen LogP contribution is 2.19. The number of hydrogen-bond acceptors (Lipinski definition) is 6. The van der Waals surface area contributed by atoms with Gasteiger partial charge >= 0.3 is 0 Å². The maximum absolute atomic E-state index is 11.9. The quantitative estimate of drug-likeness (QED) is 0.660. The molecule has 2 aromatic heterocycles. The van der Waals surface area contributed by atoms with E-state index < -0.39 is 5.91 Å². The number of benzene rings is 1. The van der Waals surface area contributed by atoms with Crippen LogP contribution in [0.2, 0.25) is 0 Å². The summed E-state index contributed by atoms with van der Waals surface area (Å²) in [6.45, 7) is 1.45. The minimum absolute atomic E-state index is 0.145. The van der Waals surface area contributed by atoms with Gasteiger partial charge in [-0.25, -0.2) is 0 Å². The number of nitrogens with one attached hydrogen (secondary N) is 3. The van der Waals surface area contributed by atoms with Gasteiger partial charge in [-0.05, 0) is 42.5 Å². The summed E-state index contributed by atoms with van der Waals surface area (Å²) in [4.78, 5) is 23.0. The molecule has 0 atom stereocenters. The second-order valence-corrected chi connectivity index (χ2v) is 5.12. The average Bonchev–Trinajstić information content (AvgIpc) is 3.11. The predicted molar refractivity (Wildman–Crippen MR) is 92.7 cm³/mol. The molecule has 0 aliphatic carbocycles. The Morgan fingerprint density at radius 1 is 0.920 bits per heavy atom. The Morgan fingerprint density at radius 2 is 1.68 bits per heavy atom. The van der Waals surface area contributed by atoms with Crippen LogP contribution >= 0.6 is 0 Å². The molecule has 3 aromatic rings. The van der Waals surface area contributed by atoms with Crippen molar-refractivity contribution >= 4 is 34.8 Å². The van der Waals surface area contributed by atoms with E-state index in [9.17, 15) is 9.59 Å². The topological polar surface area (TPSA) is 109 Å². The summed E-state index contributed by atoms with van der Waals surface area (Å²) in [7, 11) is 0. The van der Waals surface area contributed by atoms with Gasteiger partial charge in [-0.3, -0.25) is 9.59 Å². The summed E-state index contributed by atoms with van der Waals surface area (Å²) in [6, 6.07) is 13.7. The number of amides is 2. The number of carbonyl (C=O) groups excluding carboxylic acids is 2. The fraction of sp³-hybridized carbons (Fsp3) is 0.0588. The van der Waals surface area contributed by atoms with Crippen molar-refractivity contribution in [2.24, 2.45) is 0 Å². The van der Waals surface area contributed by atoms with Gasteiger partial charge in [0.15, 0.2) is 17.4 Å². The number of aromatic nitrogens is 2. The summed E-state index contributed by atoms with van der Waals surface area (Å²) in [5.41, 5.74) is 1.42. The van der Waals surface area contributed by atoms with E-state index in [0.717, 1.165) is 5.69 Å². The van der Waals surface area contributed by atoms with Crippen LogP contribution in [0.5, 0.6) is 0 Å². The third-order valence-corrected chi connectivity index (χ3v) is 3.11. The highest BCUT2D eigenvalue weighted by atomic mass is 16.3. The number of hydrogen-bond donors (Lipinski definition) is 3. The first-order chi connectivity index (χ1) is 12.1. The minimum atomic E-state index is -0.400. The molecule has 0 saturated heterocycles. The number of nitrogens with zero attached hydrogens (tertiary/aromatic N) is 2. The zero-order chi connectivity index (χ0) is 17.6. The molecule has 25 heavy (non-hydrogen) atoms. The molecular formula is C17H15N5O3. The summed E-state index contributed by atoms with van der Waals surface area (Å²) in [6.07, 6.45) is 1.42. The molecule has 1 aromatic carbocycles. The molecule has 2 amide bonds. The van der Waals surface area contributed by atoms with Crippen LogP contribution in [-0.2, 0) is 4.79 Å². The standard InChI is InChI=1S/C17H15N5O3/c1-11(23)18-12-4-2-5-13(10-12)19-15-7-8-16(22-21-15)20-17(24)14-6-3-9-25-14/h2-10H,1H3,(H,18,23)(H,19,21)(H,20,22,24). The van der Waals surface area contributed by atoms with Gasteiger partial charge in [-0.1, -0.05) is 6.07 Å². The number of rotatable bonds is 5.